The van der Waals surface area contributed by atoms with Crippen LogP contribution < -0.4 is 5.32 Å². The molecule has 0 atom stereocenters. The van der Waals surface area contributed by atoms with E-state index in [9.17, 15) is 0 Å². The van der Waals surface area contributed by atoms with Crippen molar-refractivity contribution in [2.45, 2.75) is 45.9 Å². The molecule has 1 aromatic carbocycles. The van der Waals surface area contributed by atoms with Crippen LogP contribution in [-0.4, -0.2) is 12.6 Å². The van der Waals surface area contributed by atoms with Gasteiger partial charge in [-0.3, -0.25) is 0 Å². The van der Waals surface area contributed by atoms with E-state index in [1.54, 1.807) is 0 Å². The largest absolute Gasteiger partial charge is 0.371 e. The number of rotatable bonds is 6. The molecule has 0 fully saturated rings. The number of hydrogen-bond donors (Lipinski definition) is 1. The summed E-state index contributed by atoms with van der Waals surface area (Å²) in [5.41, 5.74) is 2.42. The van der Waals surface area contributed by atoms with Gasteiger partial charge in [-0.05, 0) is 44.5 Å². The number of halogens is 1. The average Bonchev–Trinajstić information content (AvgIpc) is 2.28. The van der Waals surface area contributed by atoms with Gasteiger partial charge in [-0.15, -0.1) is 0 Å². The van der Waals surface area contributed by atoms with Gasteiger partial charge >= 0.3 is 0 Å². The molecule has 0 amide bonds. The monoisotopic (exact) mass is 299 g/mol. The Kier molecular flexibility index (Phi) is 5.63. The summed E-state index contributed by atoms with van der Waals surface area (Å²) in [6.07, 6.45) is 1.02. The summed E-state index contributed by atoms with van der Waals surface area (Å²) < 4.78 is 7.02. The summed E-state index contributed by atoms with van der Waals surface area (Å²) in [6, 6.07) is 6.41. The van der Waals surface area contributed by atoms with Gasteiger partial charge in [0, 0.05) is 11.0 Å². The predicted octanol–water partition coefficient (Wildman–Crippen LogP) is 3.87. The average molecular weight is 300 g/mol. The van der Waals surface area contributed by atoms with Crippen LogP contribution in [0.1, 0.15) is 38.3 Å². The molecular formula is C14H22BrNO. The van der Waals surface area contributed by atoms with Crippen molar-refractivity contribution in [1.29, 1.82) is 0 Å². The zero-order valence-corrected chi connectivity index (χ0v) is 12.7. The normalized spacial score (nSPS) is 11.8. The fourth-order valence-corrected chi connectivity index (χ4v) is 1.94. The van der Waals surface area contributed by atoms with Gasteiger partial charge in [0.1, 0.15) is 0 Å². The predicted molar refractivity (Wildman–Crippen MR) is 76.1 cm³/mol. The summed E-state index contributed by atoms with van der Waals surface area (Å²) in [6.45, 7) is 7.93. The lowest BCUT2D eigenvalue weighted by atomic mass is 10.1. The topological polar surface area (TPSA) is 21.3 Å². The van der Waals surface area contributed by atoms with Crippen molar-refractivity contribution < 1.29 is 4.74 Å². The Bertz CT molecular complexity index is 363. The van der Waals surface area contributed by atoms with Gasteiger partial charge in [0.05, 0.1) is 12.2 Å². The highest BCUT2D eigenvalue weighted by Crippen LogP contribution is 2.23. The van der Waals surface area contributed by atoms with Crippen molar-refractivity contribution in [3.8, 4) is 0 Å². The maximum atomic E-state index is 5.90. The third-order valence-corrected chi connectivity index (χ3v) is 3.71. The zero-order chi connectivity index (χ0) is 12.9. The van der Waals surface area contributed by atoms with E-state index in [0.29, 0.717) is 6.61 Å². The van der Waals surface area contributed by atoms with Crippen LogP contribution in [0.15, 0.2) is 22.7 Å². The van der Waals surface area contributed by atoms with E-state index in [0.717, 1.165) is 17.4 Å². The standard InChI is InChI=1S/C14H22BrNO/c1-5-14(2,3)17-10-12-7-6-11(9-16-4)8-13(12)15/h6-8,16H,5,9-10H2,1-4H3. The van der Waals surface area contributed by atoms with Crippen molar-refractivity contribution in [3.05, 3.63) is 33.8 Å². The number of benzene rings is 1. The molecule has 3 heteroatoms. The van der Waals surface area contributed by atoms with Crippen molar-refractivity contribution >= 4 is 15.9 Å². The number of nitrogens with one attached hydrogen (secondary N) is 1. The third kappa shape index (κ3) is 4.78. The van der Waals surface area contributed by atoms with Crippen LogP contribution in [0.5, 0.6) is 0 Å². The van der Waals surface area contributed by atoms with Crippen LogP contribution in [0.3, 0.4) is 0 Å². The molecule has 0 aliphatic rings. The van der Waals surface area contributed by atoms with E-state index < -0.39 is 0 Å². The van der Waals surface area contributed by atoms with Crippen molar-refractivity contribution in [1.82, 2.24) is 5.32 Å². The van der Waals surface area contributed by atoms with E-state index in [4.69, 9.17) is 4.74 Å². The molecule has 0 aromatic heterocycles. The van der Waals surface area contributed by atoms with Crippen LogP contribution >= 0.6 is 15.9 Å². The van der Waals surface area contributed by atoms with Crippen molar-refractivity contribution in [2.24, 2.45) is 0 Å². The maximum Gasteiger partial charge on any atom is 0.0735 e. The molecular weight excluding hydrogens is 278 g/mol. The fourth-order valence-electron chi connectivity index (χ4n) is 1.40. The minimum absolute atomic E-state index is 0.0525. The Balaban J connectivity index is 2.66. The highest BCUT2D eigenvalue weighted by atomic mass is 79.9. The lowest BCUT2D eigenvalue weighted by Gasteiger charge is -2.23. The number of ether oxygens (including phenoxy) is 1. The highest BCUT2D eigenvalue weighted by molar-refractivity contribution is 9.10. The first-order valence-corrected chi connectivity index (χ1v) is 6.83. The molecule has 0 saturated heterocycles. The lowest BCUT2D eigenvalue weighted by molar-refractivity contribution is -0.0318. The molecule has 0 spiro atoms. The molecule has 0 bridgehead atoms. The van der Waals surface area contributed by atoms with Gasteiger partial charge < -0.3 is 10.1 Å². The summed E-state index contributed by atoms with van der Waals surface area (Å²) in [5.74, 6) is 0. The second kappa shape index (κ2) is 6.53. The van der Waals surface area contributed by atoms with Gasteiger partial charge in [-0.1, -0.05) is 35.0 Å². The molecule has 96 valence electrons. The van der Waals surface area contributed by atoms with Crippen molar-refractivity contribution in [2.75, 3.05) is 7.05 Å². The van der Waals surface area contributed by atoms with E-state index in [2.05, 4.69) is 60.2 Å². The minimum Gasteiger partial charge on any atom is -0.371 e. The van der Waals surface area contributed by atoms with E-state index in [1.165, 1.54) is 11.1 Å². The first kappa shape index (κ1) is 14.7. The van der Waals surface area contributed by atoms with Crippen LogP contribution in [0.4, 0.5) is 0 Å². The molecule has 0 aliphatic carbocycles. The van der Waals surface area contributed by atoms with E-state index >= 15 is 0 Å². The van der Waals surface area contributed by atoms with Gasteiger partial charge in [-0.25, -0.2) is 0 Å². The molecule has 2 nitrogen and oxygen atoms in total. The van der Waals surface area contributed by atoms with Crippen molar-refractivity contribution in [3.63, 3.8) is 0 Å². The Morgan fingerprint density at radius 3 is 2.59 bits per heavy atom. The molecule has 17 heavy (non-hydrogen) atoms. The van der Waals surface area contributed by atoms with Gasteiger partial charge in [0.2, 0.25) is 0 Å². The second-order valence-corrected chi connectivity index (χ2v) is 5.71. The Labute approximate surface area is 113 Å². The zero-order valence-electron chi connectivity index (χ0n) is 11.1. The van der Waals surface area contributed by atoms with Crippen LogP contribution in [0.25, 0.3) is 0 Å². The van der Waals surface area contributed by atoms with Gasteiger partial charge in [-0.2, -0.15) is 0 Å². The quantitative estimate of drug-likeness (QED) is 0.861. The molecule has 1 N–H and O–H groups in total. The lowest BCUT2D eigenvalue weighted by Crippen LogP contribution is -2.22. The third-order valence-electron chi connectivity index (χ3n) is 2.97. The molecule has 0 unspecified atom stereocenters. The summed E-state index contributed by atoms with van der Waals surface area (Å²) in [5, 5.41) is 3.14. The smallest absolute Gasteiger partial charge is 0.0735 e. The first-order chi connectivity index (χ1) is 7.98. The molecule has 0 aliphatic heterocycles. The van der Waals surface area contributed by atoms with Gasteiger partial charge in [0.25, 0.3) is 0 Å². The van der Waals surface area contributed by atoms with Crippen LogP contribution in [-0.2, 0) is 17.9 Å². The summed E-state index contributed by atoms with van der Waals surface area (Å²) in [4.78, 5) is 0. The van der Waals surface area contributed by atoms with Crippen LogP contribution in [0.2, 0.25) is 0 Å². The molecule has 1 aromatic rings. The van der Waals surface area contributed by atoms with E-state index in [1.807, 2.05) is 7.05 Å². The van der Waals surface area contributed by atoms with Gasteiger partial charge in [0.15, 0.2) is 0 Å². The summed E-state index contributed by atoms with van der Waals surface area (Å²) in [7, 11) is 1.95. The molecule has 1 rings (SSSR count). The van der Waals surface area contributed by atoms with E-state index in [-0.39, 0.29) is 5.60 Å². The molecule has 0 heterocycles. The Morgan fingerprint density at radius 1 is 1.35 bits per heavy atom. The molecule has 0 radical (unpaired) electrons. The second-order valence-electron chi connectivity index (χ2n) is 4.86. The summed E-state index contributed by atoms with van der Waals surface area (Å²) >= 11 is 3.60. The fraction of sp³-hybridized carbons (Fsp3) is 0.571. The molecule has 0 saturated carbocycles. The first-order valence-electron chi connectivity index (χ1n) is 6.04. The Morgan fingerprint density at radius 2 is 2.06 bits per heavy atom. The maximum absolute atomic E-state index is 5.90. The number of hydrogen-bond acceptors (Lipinski definition) is 2. The SMILES string of the molecule is CCC(C)(C)OCc1ccc(CNC)cc1Br. The Hall–Kier alpha value is -0.380. The highest BCUT2D eigenvalue weighted by Gasteiger charge is 2.15. The minimum atomic E-state index is -0.0525. The van der Waals surface area contributed by atoms with Crippen LogP contribution in [0, 0.1) is 0 Å².